The number of aryl methyl sites for hydroxylation is 1. The number of amides is 1. The third kappa shape index (κ3) is 2.97. The molecule has 1 aromatic carbocycles. The monoisotopic (exact) mass is 335 g/mol. The number of para-hydroxylation sites is 1. The van der Waals surface area contributed by atoms with Crippen LogP contribution < -0.4 is 5.56 Å². The molecule has 0 aliphatic carbocycles. The molecule has 128 valence electrons. The fourth-order valence-corrected chi connectivity index (χ4v) is 3.75. The molecule has 1 saturated heterocycles. The predicted octanol–water partition coefficient (Wildman–Crippen LogP) is 3.53. The van der Waals surface area contributed by atoms with E-state index < -0.39 is 0 Å². The maximum absolute atomic E-state index is 13.1. The molecule has 1 aliphatic heterocycles. The van der Waals surface area contributed by atoms with Crippen LogP contribution in [-0.2, 0) is 0 Å². The highest BCUT2D eigenvalue weighted by atomic mass is 16.2. The van der Waals surface area contributed by atoms with E-state index >= 15 is 0 Å². The number of aromatic nitrogens is 2. The molecule has 3 aromatic rings. The third-order valence-electron chi connectivity index (χ3n) is 4.90. The lowest BCUT2D eigenvalue weighted by atomic mass is 9.98. The Balaban J connectivity index is 1.71. The molecule has 5 nitrogen and oxygen atoms in total. The van der Waals surface area contributed by atoms with E-state index in [4.69, 9.17) is 0 Å². The fourth-order valence-electron chi connectivity index (χ4n) is 3.75. The van der Waals surface area contributed by atoms with Crippen molar-refractivity contribution in [3.63, 3.8) is 0 Å². The van der Waals surface area contributed by atoms with E-state index in [2.05, 4.69) is 22.1 Å². The smallest absolute Gasteiger partial charge is 0.254 e. The Hall–Kier alpha value is -2.82. The minimum Gasteiger partial charge on any atom is -0.357 e. The molecule has 25 heavy (non-hydrogen) atoms. The molecular formula is C20H21N3O2. The first-order valence-electron chi connectivity index (χ1n) is 8.71. The maximum atomic E-state index is 13.1. The molecule has 0 spiro atoms. The normalized spacial score (nSPS) is 17.8. The van der Waals surface area contributed by atoms with Crippen molar-refractivity contribution in [2.75, 3.05) is 6.54 Å². The number of carbonyl (C=O) groups excluding carboxylic acids is 1. The Morgan fingerprint density at radius 2 is 1.96 bits per heavy atom. The zero-order chi connectivity index (χ0) is 17.4. The minimum absolute atomic E-state index is 0.0215. The summed E-state index contributed by atoms with van der Waals surface area (Å²) in [6.45, 7) is 2.51. The SMILES string of the molecule is Cc1cc(C(=O)N2CCCCC2c2cc3ccccc3[nH]2)cc(=O)[nH]1. The second-order valence-corrected chi connectivity index (χ2v) is 6.74. The lowest BCUT2D eigenvalue weighted by molar-refractivity contribution is 0.0606. The average molecular weight is 335 g/mol. The van der Waals surface area contributed by atoms with Gasteiger partial charge in [-0.05, 0) is 49.8 Å². The summed E-state index contributed by atoms with van der Waals surface area (Å²) >= 11 is 0. The van der Waals surface area contributed by atoms with Crippen molar-refractivity contribution in [3.05, 3.63) is 69.8 Å². The van der Waals surface area contributed by atoms with Crippen molar-refractivity contribution in [2.24, 2.45) is 0 Å². The summed E-state index contributed by atoms with van der Waals surface area (Å²) in [6.07, 6.45) is 3.02. The molecule has 0 radical (unpaired) electrons. The summed E-state index contributed by atoms with van der Waals surface area (Å²) in [4.78, 5) is 32.9. The third-order valence-corrected chi connectivity index (χ3v) is 4.90. The Labute approximate surface area is 145 Å². The number of aromatic amines is 2. The number of hydrogen-bond donors (Lipinski definition) is 2. The first-order chi connectivity index (χ1) is 12.1. The van der Waals surface area contributed by atoms with E-state index in [9.17, 15) is 9.59 Å². The van der Waals surface area contributed by atoms with Crippen LogP contribution in [0.2, 0.25) is 0 Å². The maximum Gasteiger partial charge on any atom is 0.254 e. The van der Waals surface area contributed by atoms with Crippen molar-refractivity contribution in [3.8, 4) is 0 Å². The first-order valence-corrected chi connectivity index (χ1v) is 8.71. The molecule has 1 fully saturated rings. The number of pyridine rings is 1. The van der Waals surface area contributed by atoms with E-state index in [1.54, 1.807) is 13.0 Å². The van der Waals surface area contributed by atoms with Crippen LogP contribution in [-0.4, -0.2) is 27.3 Å². The van der Waals surface area contributed by atoms with Crippen LogP contribution >= 0.6 is 0 Å². The topological polar surface area (TPSA) is 69.0 Å². The second kappa shape index (κ2) is 6.24. The van der Waals surface area contributed by atoms with Crippen LogP contribution in [0.4, 0.5) is 0 Å². The lowest BCUT2D eigenvalue weighted by Crippen LogP contribution is -2.39. The number of nitrogens with zero attached hydrogens (tertiary/aromatic N) is 1. The van der Waals surface area contributed by atoms with Crippen LogP contribution in [0.5, 0.6) is 0 Å². The van der Waals surface area contributed by atoms with Gasteiger partial charge in [-0.25, -0.2) is 0 Å². The molecule has 1 amide bonds. The average Bonchev–Trinajstić information content (AvgIpc) is 3.04. The molecule has 0 bridgehead atoms. The van der Waals surface area contributed by atoms with E-state index in [-0.39, 0.29) is 17.5 Å². The van der Waals surface area contributed by atoms with Gasteiger partial charge in [0, 0.05) is 35.1 Å². The van der Waals surface area contributed by atoms with E-state index in [1.165, 1.54) is 6.07 Å². The zero-order valence-electron chi connectivity index (χ0n) is 14.2. The second-order valence-electron chi connectivity index (χ2n) is 6.74. The van der Waals surface area contributed by atoms with Crippen molar-refractivity contribution >= 4 is 16.8 Å². The molecule has 3 heterocycles. The Kier molecular flexibility index (Phi) is 3.92. The van der Waals surface area contributed by atoms with Crippen molar-refractivity contribution in [1.29, 1.82) is 0 Å². The summed E-state index contributed by atoms with van der Waals surface area (Å²) in [5.74, 6) is -0.0717. The molecule has 5 heteroatoms. The fraction of sp³-hybridized carbons (Fsp3) is 0.300. The Morgan fingerprint density at radius 3 is 2.76 bits per heavy atom. The van der Waals surface area contributed by atoms with Gasteiger partial charge >= 0.3 is 0 Å². The van der Waals surface area contributed by atoms with Gasteiger partial charge in [0.25, 0.3) is 5.91 Å². The van der Waals surface area contributed by atoms with Gasteiger partial charge in [-0.3, -0.25) is 9.59 Å². The lowest BCUT2D eigenvalue weighted by Gasteiger charge is -2.35. The summed E-state index contributed by atoms with van der Waals surface area (Å²) in [5, 5.41) is 1.16. The van der Waals surface area contributed by atoms with Crippen LogP contribution in [0.3, 0.4) is 0 Å². The number of fused-ring (bicyclic) bond motifs is 1. The van der Waals surface area contributed by atoms with Gasteiger partial charge in [-0.2, -0.15) is 0 Å². The highest BCUT2D eigenvalue weighted by molar-refractivity contribution is 5.94. The van der Waals surface area contributed by atoms with Gasteiger partial charge < -0.3 is 14.9 Å². The highest BCUT2D eigenvalue weighted by Gasteiger charge is 2.30. The van der Waals surface area contributed by atoms with Crippen LogP contribution in [0.1, 0.15) is 47.1 Å². The standard InChI is InChI=1S/C20H21N3O2/c1-13-10-15(12-19(24)21-13)20(25)23-9-5-4-8-18(23)17-11-14-6-2-3-7-16(14)22-17/h2-3,6-7,10-12,18,22H,4-5,8-9H2,1H3,(H,21,24). The first kappa shape index (κ1) is 15.7. The molecule has 1 unspecified atom stereocenters. The quantitative estimate of drug-likeness (QED) is 0.752. The number of benzene rings is 1. The summed E-state index contributed by atoms with van der Waals surface area (Å²) in [5.41, 5.74) is 3.08. The van der Waals surface area contributed by atoms with E-state index in [0.29, 0.717) is 17.8 Å². The number of likely N-dealkylation sites (tertiary alicyclic amines) is 1. The van der Waals surface area contributed by atoms with Crippen LogP contribution in [0, 0.1) is 6.92 Å². The van der Waals surface area contributed by atoms with E-state index in [1.807, 2.05) is 23.1 Å². The van der Waals surface area contributed by atoms with Gasteiger partial charge in [-0.15, -0.1) is 0 Å². The molecular weight excluding hydrogens is 314 g/mol. The largest absolute Gasteiger partial charge is 0.357 e. The molecule has 1 atom stereocenters. The number of H-pyrrole nitrogens is 2. The molecule has 2 N–H and O–H groups in total. The van der Waals surface area contributed by atoms with Crippen molar-refractivity contribution < 1.29 is 4.79 Å². The molecule has 2 aromatic heterocycles. The minimum atomic E-state index is -0.234. The van der Waals surface area contributed by atoms with Gasteiger partial charge in [0.05, 0.1) is 6.04 Å². The van der Waals surface area contributed by atoms with Crippen molar-refractivity contribution in [1.82, 2.24) is 14.9 Å². The van der Waals surface area contributed by atoms with Crippen LogP contribution in [0.25, 0.3) is 10.9 Å². The van der Waals surface area contributed by atoms with Crippen molar-refractivity contribution in [2.45, 2.75) is 32.2 Å². The summed E-state index contributed by atoms with van der Waals surface area (Å²) in [7, 11) is 0. The van der Waals surface area contributed by atoms with Gasteiger partial charge in [0.1, 0.15) is 0 Å². The number of piperidine rings is 1. The number of nitrogens with one attached hydrogen (secondary N) is 2. The number of carbonyl (C=O) groups is 1. The molecule has 4 rings (SSSR count). The number of hydrogen-bond acceptors (Lipinski definition) is 2. The zero-order valence-corrected chi connectivity index (χ0v) is 14.2. The van der Waals surface area contributed by atoms with Gasteiger partial charge in [0.2, 0.25) is 5.56 Å². The Bertz CT molecular complexity index is 953. The van der Waals surface area contributed by atoms with E-state index in [0.717, 1.165) is 35.9 Å². The Morgan fingerprint density at radius 1 is 1.12 bits per heavy atom. The molecule has 1 aliphatic rings. The predicted molar refractivity (Wildman–Crippen MR) is 97.7 cm³/mol. The number of rotatable bonds is 2. The van der Waals surface area contributed by atoms with Crippen LogP contribution in [0.15, 0.2) is 47.3 Å². The summed E-state index contributed by atoms with van der Waals surface area (Å²) < 4.78 is 0. The van der Waals surface area contributed by atoms with Gasteiger partial charge in [-0.1, -0.05) is 18.2 Å². The highest BCUT2D eigenvalue weighted by Crippen LogP contribution is 2.33. The molecule has 0 saturated carbocycles. The van der Waals surface area contributed by atoms with Gasteiger partial charge in [0.15, 0.2) is 0 Å². The summed E-state index contributed by atoms with van der Waals surface area (Å²) in [6, 6.07) is 13.4.